The third-order valence-electron chi connectivity index (χ3n) is 10.8. The van der Waals surface area contributed by atoms with Crippen molar-refractivity contribution in [2.75, 3.05) is 45.7 Å². The molecular formula is C43H51N7O8. The quantitative estimate of drug-likeness (QED) is 0.0784. The second kappa shape index (κ2) is 18.9. The van der Waals surface area contributed by atoms with E-state index in [2.05, 4.69) is 26.3 Å². The van der Waals surface area contributed by atoms with Gasteiger partial charge in [0, 0.05) is 74.4 Å². The van der Waals surface area contributed by atoms with E-state index in [-0.39, 0.29) is 47.9 Å². The normalized spacial score (nSPS) is 15.7. The van der Waals surface area contributed by atoms with Crippen molar-refractivity contribution in [3.63, 3.8) is 0 Å². The van der Waals surface area contributed by atoms with Gasteiger partial charge in [-0.05, 0) is 60.5 Å². The number of hydrogen-bond acceptors (Lipinski definition) is 11. The van der Waals surface area contributed by atoms with Gasteiger partial charge in [-0.3, -0.25) is 44.0 Å². The molecule has 0 radical (unpaired) electrons. The third-order valence-corrected chi connectivity index (χ3v) is 10.8. The van der Waals surface area contributed by atoms with E-state index < -0.39 is 29.7 Å². The van der Waals surface area contributed by atoms with Crippen molar-refractivity contribution in [2.45, 2.75) is 70.3 Å². The highest BCUT2D eigenvalue weighted by atomic mass is 16.5. The molecule has 4 aromatic rings. The fourth-order valence-corrected chi connectivity index (χ4v) is 7.76. The standard InChI is InChI=1S/C43H51N7O8/c1-26(38-34(57-3)20-27(21-35(38)58-4)31-25-49(2)41(54)30-23-44-19-16-28(30)31)22-45-24-37(52)47-18-10-8-6-5-7-9-17-46-32-13-11-12-29-39(32)43(56)50(42(29)55)33-14-15-36(51)48-40(33)53/h11-13,16,19-21,23,25-26,33,45-46H,5-10,14-15,17-18,22,24H2,1-4H3,(H,47,52)(H,48,51,53). The molecule has 2 atom stereocenters. The summed E-state index contributed by atoms with van der Waals surface area (Å²) in [6.07, 6.45) is 11.0. The molecule has 1 fully saturated rings. The number of nitrogens with one attached hydrogen (secondary N) is 4. The molecule has 4 heterocycles. The predicted molar refractivity (Wildman–Crippen MR) is 219 cm³/mol. The van der Waals surface area contributed by atoms with E-state index in [1.165, 1.54) is 0 Å². The summed E-state index contributed by atoms with van der Waals surface area (Å²) in [5, 5.41) is 13.1. The van der Waals surface area contributed by atoms with Crippen molar-refractivity contribution in [3.8, 4) is 22.6 Å². The van der Waals surface area contributed by atoms with E-state index in [0.717, 1.165) is 65.5 Å². The number of nitrogens with zero attached hydrogens (tertiary/aromatic N) is 3. The minimum atomic E-state index is -0.995. The van der Waals surface area contributed by atoms with E-state index in [0.29, 0.717) is 42.2 Å². The Morgan fingerprint density at radius 3 is 2.33 bits per heavy atom. The van der Waals surface area contributed by atoms with Crippen LogP contribution in [0.5, 0.6) is 11.5 Å². The molecule has 5 amide bonds. The molecular weight excluding hydrogens is 743 g/mol. The number of methoxy groups -OCH3 is 2. The van der Waals surface area contributed by atoms with Crippen LogP contribution in [-0.2, 0) is 21.4 Å². The van der Waals surface area contributed by atoms with E-state index >= 15 is 0 Å². The Balaban J connectivity index is 0.879. The molecule has 1 saturated heterocycles. The van der Waals surface area contributed by atoms with Crippen LogP contribution in [0.25, 0.3) is 21.9 Å². The molecule has 15 heteroatoms. The van der Waals surface area contributed by atoms with Crippen LogP contribution in [0, 0.1) is 0 Å². The van der Waals surface area contributed by atoms with Gasteiger partial charge in [0.1, 0.15) is 17.5 Å². The van der Waals surface area contributed by atoms with Crippen LogP contribution in [0.1, 0.15) is 90.5 Å². The molecule has 15 nitrogen and oxygen atoms in total. The maximum absolute atomic E-state index is 13.3. The number of carbonyl (C=O) groups excluding carboxylic acids is 5. The average Bonchev–Trinajstić information content (AvgIpc) is 3.48. The van der Waals surface area contributed by atoms with Crippen molar-refractivity contribution >= 4 is 46.0 Å². The number of aryl methyl sites for hydroxylation is 1. The van der Waals surface area contributed by atoms with Gasteiger partial charge in [-0.15, -0.1) is 0 Å². The number of anilines is 1. The Morgan fingerprint density at radius 1 is 0.914 bits per heavy atom. The third kappa shape index (κ3) is 9.04. The lowest BCUT2D eigenvalue weighted by Crippen LogP contribution is -2.54. The molecule has 0 aliphatic carbocycles. The molecule has 4 N–H and O–H groups in total. The Hall–Kier alpha value is -6.09. The highest BCUT2D eigenvalue weighted by Gasteiger charge is 2.45. The predicted octanol–water partition coefficient (Wildman–Crippen LogP) is 4.28. The maximum atomic E-state index is 13.3. The number of unbranched alkanes of at least 4 members (excludes halogenated alkanes) is 5. The summed E-state index contributed by atoms with van der Waals surface area (Å²) in [6.45, 7) is 3.96. The highest BCUT2D eigenvalue weighted by molar-refractivity contribution is 6.25. The number of amides is 5. The molecule has 2 aromatic heterocycles. The van der Waals surface area contributed by atoms with Crippen LogP contribution in [0.2, 0.25) is 0 Å². The summed E-state index contributed by atoms with van der Waals surface area (Å²) in [5.74, 6) is -0.898. The number of hydrogen-bond donors (Lipinski definition) is 4. The summed E-state index contributed by atoms with van der Waals surface area (Å²) in [6, 6.07) is 9.78. The van der Waals surface area contributed by atoms with E-state index in [4.69, 9.17) is 9.47 Å². The van der Waals surface area contributed by atoms with Gasteiger partial charge in [0.05, 0.1) is 37.3 Å². The Bertz CT molecular complexity index is 2250. The average molecular weight is 794 g/mol. The molecule has 2 aromatic carbocycles. The topological polar surface area (TPSA) is 190 Å². The number of fused-ring (bicyclic) bond motifs is 2. The fraction of sp³-hybridized carbons (Fsp3) is 0.419. The smallest absolute Gasteiger partial charge is 0.264 e. The minimum Gasteiger partial charge on any atom is -0.496 e. The zero-order chi connectivity index (χ0) is 41.3. The van der Waals surface area contributed by atoms with Gasteiger partial charge >= 0.3 is 0 Å². The van der Waals surface area contributed by atoms with Crippen LogP contribution in [0.3, 0.4) is 0 Å². The molecule has 2 unspecified atom stereocenters. The van der Waals surface area contributed by atoms with Crippen LogP contribution < -0.4 is 36.3 Å². The van der Waals surface area contributed by atoms with Gasteiger partial charge in [-0.1, -0.05) is 38.7 Å². The maximum Gasteiger partial charge on any atom is 0.264 e. The second-order valence-electron chi connectivity index (χ2n) is 14.8. The zero-order valence-electron chi connectivity index (χ0n) is 33.4. The van der Waals surface area contributed by atoms with Crippen molar-refractivity contribution in [2.24, 2.45) is 7.05 Å². The number of rotatable bonds is 19. The Labute approximate surface area is 336 Å². The molecule has 306 valence electrons. The zero-order valence-corrected chi connectivity index (χ0v) is 33.4. The molecule has 0 saturated carbocycles. The number of aromatic nitrogens is 2. The summed E-state index contributed by atoms with van der Waals surface area (Å²) in [4.78, 5) is 80.7. The second-order valence-corrected chi connectivity index (χ2v) is 14.8. The minimum absolute atomic E-state index is 0.0430. The van der Waals surface area contributed by atoms with Crippen molar-refractivity contribution < 1.29 is 33.4 Å². The van der Waals surface area contributed by atoms with Crippen LogP contribution in [0.15, 0.2) is 59.8 Å². The van der Waals surface area contributed by atoms with E-state index in [1.807, 2.05) is 25.1 Å². The van der Waals surface area contributed by atoms with Crippen molar-refractivity contribution in [1.29, 1.82) is 0 Å². The monoisotopic (exact) mass is 793 g/mol. The summed E-state index contributed by atoms with van der Waals surface area (Å²) in [7, 11) is 4.94. The van der Waals surface area contributed by atoms with Crippen LogP contribution in [0.4, 0.5) is 5.69 Å². The summed E-state index contributed by atoms with van der Waals surface area (Å²) < 4.78 is 13.2. The highest BCUT2D eigenvalue weighted by Crippen LogP contribution is 2.41. The molecule has 58 heavy (non-hydrogen) atoms. The van der Waals surface area contributed by atoms with Gasteiger partial charge in [0.25, 0.3) is 17.4 Å². The molecule has 2 aliphatic heterocycles. The first-order valence-corrected chi connectivity index (χ1v) is 19.8. The van der Waals surface area contributed by atoms with Crippen LogP contribution >= 0.6 is 0 Å². The first-order chi connectivity index (χ1) is 28.0. The number of pyridine rings is 2. The molecule has 6 rings (SSSR count). The molecule has 0 spiro atoms. The van der Waals surface area contributed by atoms with Gasteiger partial charge in [-0.2, -0.15) is 0 Å². The SMILES string of the molecule is COc1cc(-c2cn(C)c(=O)c3cnccc23)cc(OC)c1C(C)CNCC(=O)NCCCCCCCCNc1cccc2c1C(=O)N(C1CCC(=O)NC1=O)C2=O. The molecule has 2 aliphatic rings. The number of benzene rings is 2. The van der Waals surface area contributed by atoms with Gasteiger partial charge in [-0.25, -0.2) is 0 Å². The van der Waals surface area contributed by atoms with Crippen molar-refractivity contribution in [3.05, 3.63) is 82.0 Å². The lowest BCUT2D eigenvalue weighted by Gasteiger charge is -2.27. The van der Waals surface area contributed by atoms with E-state index in [1.54, 1.807) is 62.6 Å². The molecule has 0 bridgehead atoms. The van der Waals surface area contributed by atoms with Gasteiger partial charge < -0.3 is 30.0 Å². The lowest BCUT2D eigenvalue weighted by atomic mass is 9.94. The number of ether oxygens (including phenoxy) is 2. The van der Waals surface area contributed by atoms with E-state index in [9.17, 15) is 28.8 Å². The van der Waals surface area contributed by atoms with Crippen LogP contribution in [-0.4, -0.2) is 90.4 Å². The van der Waals surface area contributed by atoms with Crippen molar-refractivity contribution in [1.82, 2.24) is 30.4 Å². The first kappa shape index (κ1) is 41.5. The number of piperidine rings is 1. The first-order valence-electron chi connectivity index (χ1n) is 19.8. The fourth-order valence-electron chi connectivity index (χ4n) is 7.76. The van der Waals surface area contributed by atoms with Gasteiger partial charge in [0.15, 0.2) is 0 Å². The van der Waals surface area contributed by atoms with Gasteiger partial charge in [0.2, 0.25) is 17.7 Å². The summed E-state index contributed by atoms with van der Waals surface area (Å²) in [5.41, 5.74) is 3.53. The Morgan fingerprint density at radius 2 is 1.62 bits per heavy atom. The number of carbonyl (C=O) groups is 5. The number of imide groups is 2. The largest absolute Gasteiger partial charge is 0.496 e. The lowest BCUT2D eigenvalue weighted by molar-refractivity contribution is -0.136. The Kier molecular flexibility index (Phi) is 13.5. The summed E-state index contributed by atoms with van der Waals surface area (Å²) >= 11 is 0.